The molecule has 0 amide bonds. The quantitative estimate of drug-likeness (QED) is 0.320. The van der Waals surface area contributed by atoms with E-state index in [-0.39, 0.29) is 70.2 Å². The molecule has 0 aromatic heterocycles. The monoisotopic (exact) mass is 330 g/mol. The Hall–Kier alpha value is 1.42. The molecule has 0 aliphatic heterocycles. The van der Waals surface area contributed by atoms with Gasteiger partial charge in [0.2, 0.25) is 0 Å². The number of carbonyl (C=O) groups is 1. The molecule has 13 heteroatoms. The van der Waals surface area contributed by atoms with E-state index in [0.717, 1.165) is 6.92 Å². The van der Waals surface area contributed by atoms with Crippen LogP contribution in [0.25, 0.3) is 0 Å². The predicted octanol–water partition coefficient (Wildman–Crippen LogP) is -4.19. The van der Waals surface area contributed by atoms with Crippen LogP contribution >= 0.6 is 0 Å². The summed E-state index contributed by atoms with van der Waals surface area (Å²) in [5.74, 6) is -1.06. The summed E-state index contributed by atoms with van der Waals surface area (Å²) in [4.78, 5) is 9.70. The summed E-state index contributed by atoms with van der Waals surface area (Å²) in [5.41, 5.74) is 0. The van der Waals surface area contributed by atoms with Gasteiger partial charge in [-0.1, -0.05) is 0 Å². The summed E-state index contributed by atoms with van der Waals surface area (Å²) in [7, 11) is -9.24. The zero-order valence-electron chi connectivity index (χ0n) is 8.52. The standard InChI is InChI=1S/C2H4O5S.Cr.K.H2O4S.H/c1-2(3)7-8(4,5)6;;;1-5(2,3)4;/h1H3,(H,4,5,6);;;(H2,1,2,3,4);/q;;+1;;-1. The maximum absolute atomic E-state index is 9.70. The minimum absolute atomic E-state index is 0. The van der Waals surface area contributed by atoms with Gasteiger partial charge in [-0.05, 0) is 0 Å². The average molecular weight is 330 g/mol. The van der Waals surface area contributed by atoms with Gasteiger partial charge in [-0.25, -0.2) is 0 Å². The number of rotatable bonds is 1. The van der Waals surface area contributed by atoms with Crippen molar-refractivity contribution in [2.75, 3.05) is 0 Å². The van der Waals surface area contributed by atoms with Crippen LogP contribution < -0.4 is 51.4 Å². The van der Waals surface area contributed by atoms with Gasteiger partial charge in [0.25, 0.3) is 0 Å². The van der Waals surface area contributed by atoms with E-state index in [0.29, 0.717) is 0 Å². The molecule has 0 saturated heterocycles. The van der Waals surface area contributed by atoms with Crippen LogP contribution in [0.4, 0.5) is 0 Å². The van der Waals surface area contributed by atoms with Crippen LogP contribution in [0.2, 0.25) is 0 Å². The Bertz CT molecular complexity index is 353. The minimum atomic E-state index is -4.67. The van der Waals surface area contributed by atoms with Crippen molar-refractivity contribution in [1.29, 1.82) is 0 Å². The third kappa shape index (κ3) is 67.4. The molecule has 9 nitrogen and oxygen atoms in total. The van der Waals surface area contributed by atoms with Gasteiger partial charge in [0.15, 0.2) is 0 Å². The molecule has 0 unspecified atom stereocenters. The van der Waals surface area contributed by atoms with Gasteiger partial charge >= 0.3 is 78.2 Å². The maximum atomic E-state index is 9.70. The first-order chi connectivity index (χ1) is 5.42. The summed E-state index contributed by atoms with van der Waals surface area (Å²) in [5, 5.41) is 0. The summed E-state index contributed by atoms with van der Waals surface area (Å²) in [6.45, 7) is 0.869. The van der Waals surface area contributed by atoms with Gasteiger partial charge in [0.1, 0.15) is 0 Å². The SMILES string of the molecule is CC(=O)OS(=O)(=O)O.O=S(=O)(O)O.[Cr].[H-].[K+]. The molecular weight excluding hydrogens is 323 g/mol. The fourth-order valence-corrected chi connectivity index (χ4v) is 0.445. The largest absolute Gasteiger partial charge is 1.00 e. The first-order valence-corrected chi connectivity index (χ1v) is 5.05. The number of hydrogen-bond acceptors (Lipinski definition) is 6. The van der Waals surface area contributed by atoms with Crippen molar-refractivity contribution in [3.63, 3.8) is 0 Å². The fourth-order valence-electron chi connectivity index (χ4n) is 0.148. The summed E-state index contributed by atoms with van der Waals surface area (Å²) in [6, 6.07) is 0. The van der Waals surface area contributed by atoms with E-state index >= 15 is 0 Å². The van der Waals surface area contributed by atoms with Crippen molar-refractivity contribution in [3.8, 4) is 0 Å². The van der Waals surface area contributed by atoms with Crippen LogP contribution in [-0.2, 0) is 47.1 Å². The van der Waals surface area contributed by atoms with E-state index in [1.54, 1.807) is 0 Å². The van der Waals surface area contributed by atoms with Crippen molar-refractivity contribution >= 4 is 26.8 Å². The second-order valence-corrected chi connectivity index (χ2v) is 3.37. The molecule has 0 aliphatic rings. The van der Waals surface area contributed by atoms with E-state index in [1.807, 2.05) is 0 Å². The van der Waals surface area contributed by atoms with E-state index in [9.17, 15) is 13.2 Å². The molecule has 0 radical (unpaired) electrons. The number of carbonyl (C=O) groups excluding carboxylic acids is 1. The molecule has 0 aromatic carbocycles. The Balaban J connectivity index is -0.0000000454. The van der Waals surface area contributed by atoms with Crippen molar-refractivity contribution < 1.29 is 110 Å². The molecule has 0 rings (SSSR count). The smallest absolute Gasteiger partial charge is 1.00 e. The second kappa shape index (κ2) is 10.6. The Labute approximate surface area is 141 Å². The predicted molar refractivity (Wildman–Crippen MR) is 38.6 cm³/mol. The average Bonchev–Trinajstić information content (AvgIpc) is 1.47. The molecule has 0 spiro atoms. The van der Waals surface area contributed by atoms with Gasteiger partial charge < -0.3 is 5.61 Å². The van der Waals surface area contributed by atoms with Crippen LogP contribution in [0.1, 0.15) is 8.35 Å². The zero-order valence-corrected chi connectivity index (χ0v) is 13.5. The van der Waals surface area contributed by atoms with Crippen molar-refractivity contribution in [3.05, 3.63) is 0 Å². The van der Waals surface area contributed by atoms with E-state index in [4.69, 9.17) is 22.1 Å². The third-order valence-electron chi connectivity index (χ3n) is 0.223. The molecule has 0 aliphatic carbocycles. The molecule has 0 bridgehead atoms. The van der Waals surface area contributed by atoms with E-state index in [2.05, 4.69) is 4.18 Å². The van der Waals surface area contributed by atoms with Gasteiger partial charge in [-0.2, -0.15) is 16.8 Å². The number of hydrogen-bond donors (Lipinski definition) is 3. The zero-order chi connectivity index (χ0) is 11.3. The van der Waals surface area contributed by atoms with E-state index < -0.39 is 26.8 Å². The Kier molecular flexibility index (Phi) is 17.8. The van der Waals surface area contributed by atoms with Crippen molar-refractivity contribution in [1.82, 2.24) is 0 Å². The Morgan fingerprint density at radius 2 is 1.33 bits per heavy atom. The summed E-state index contributed by atoms with van der Waals surface area (Å²) in [6.07, 6.45) is 0. The van der Waals surface area contributed by atoms with Crippen LogP contribution in [0, 0.1) is 0 Å². The van der Waals surface area contributed by atoms with Gasteiger partial charge in [-0.15, -0.1) is 0 Å². The second-order valence-electron chi connectivity index (χ2n) is 1.45. The third-order valence-corrected chi connectivity index (χ3v) is 0.668. The molecular formula is C2H7CrKO9S2. The molecule has 3 N–H and O–H groups in total. The van der Waals surface area contributed by atoms with Crippen LogP contribution in [0.5, 0.6) is 0 Å². The van der Waals surface area contributed by atoms with Gasteiger partial charge in [-0.3, -0.25) is 18.5 Å². The minimum Gasteiger partial charge on any atom is -1.00 e. The van der Waals surface area contributed by atoms with Crippen LogP contribution in [0.3, 0.4) is 0 Å². The van der Waals surface area contributed by atoms with Crippen LogP contribution in [0.15, 0.2) is 0 Å². The van der Waals surface area contributed by atoms with E-state index in [1.165, 1.54) is 0 Å². The Morgan fingerprint density at radius 3 is 1.33 bits per heavy atom. The molecule has 88 valence electrons. The molecule has 0 fully saturated rings. The van der Waals surface area contributed by atoms with Crippen molar-refractivity contribution in [2.24, 2.45) is 0 Å². The maximum Gasteiger partial charge on any atom is 1.00 e. The Morgan fingerprint density at radius 1 is 1.13 bits per heavy atom. The summed E-state index contributed by atoms with van der Waals surface area (Å²) >= 11 is 0. The topological polar surface area (TPSA) is 155 Å². The normalized spacial score (nSPS) is 9.60. The first kappa shape index (κ1) is 25.3. The molecule has 0 atom stereocenters. The molecule has 0 aromatic rings. The summed E-state index contributed by atoms with van der Waals surface area (Å²) < 4.78 is 61.7. The van der Waals surface area contributed by atoms with Gasteiger partial charge in [0, 0.05) is 24.3 Å². The van der Waals surface area contributed by atoms with Gasteiger partial charge in [0.05, 0.1) is 0 Å². The molecule has 15 heavy (non-hydrogen) atoms. The van der Waals surface area contributed by atoms with Crippen LogP contribution in [-0.4, -0.2) is 36.5 Å². The molecule has 0 heterocycles. The molecule has 0 saturated carbocycles. The first-order valence-electron chi connectivity index (χ1n) is 2.29. The van der Waals surface area contributed by atoms with Crippen molar-refractivity contribution in [2.45, 2.75) is 6.92 Å². The fraction of sp³-hybridized carbons (Fsp3) is 0.500.